The molecular formula is C17H16FIN2O3. The van der Waals surface area contributed by atoms with Crippen LogP contribution in [0.25, 0.3) is 11.1 Å². The van der Waals surface area contributed by atoms with Crippen LogP contribution in [-0.2, 0) is 9.49 Å². The first-order chi connectivity index (χ1) is 11.6. The first-order valence-electron chi connectivity index (χ1n) is 7.32. The van der Waals surface area contributed by atoms with Crippen molar-refractivity contribution in [2.45, 2.75) is 13.3 Å². The van der Waals surface area contributed by atoms with Gasteiger partial charge in [0.2, 0.25) is 0 Å². The summed E-state index contributed by atoms with van der Waals surface area (Å²) in [5, 5.41) is 3.06. The van der Waals surface area contributed by atoms with Crippen LogP contribution in [0.5, 0.6) is 5.75 Å². The van der Waals surface area contributed by atoms with E-state index in [1.165, 1.54) is 12.1 Å². The Kier molecular flexibility index (Phi) is 5.08. The minimum Gasteiger partial charge on any atom is -0.494 e. The van der Waals surface area contributed by atoms with E-state index in [-0.39, 0.29) is 5.82 Å². The van der Waals surface area contributed by atoms with Crippen LogP contribution in [0.3, 0.4) is 0 Å². The van der Waals surface area contributed by atoms with Crippen molar-refractivity contribution >= 4 is 44.0 Å². The van der Waals surface area contributed by atoms with Crippen LogP contribution in [0.2, 0.25) is 0 Å². The van der Waals surface area contributed by atoms with Crippen LogP contribution in [-0.4, -0.2) is 16.5 Å². The zero-order chi connectivity index (χ0) is 17.1. The van der Waals surface area contributed by atoms with E-state index < -0.39 is 21.2 Å². The number of halogens is 2. The SMILES string of the molecule is COc1cc(CCI=O)cc2oc(Nc3ccc(F)cc3C)nc12. The molecule has 3 rings (SSSR count). The van der Waals surface area contributed by atoms with Crippen molar-refractivity contribution in [1.29, 1.82) is 0 Å². The van der Waals surface area contributed by atoms with Crippen molar-refractivity contribution in [3.8, 4) is 5.75 Å². The first kappa shape index (κ1) is 16.8. The van der Waals surface area contributed by atoms with Gasteiger partial charge < -0.3 is 14.5 Å². The number of hydrogen-bond donors (Lipinski definition) is 1. The standard InChI is InChI=1S/C17H16FIN2O3/c1-10-7-12(18)3-4-13(10)20-17-21-16-14(23-2)8-11(5-6-19-22)9-15(16)24-17/h3-4,7-9H,5-6H2,1-2H3,(H,20,21). The highest BCUT2D eigenvalue weighted by Crippen LogP contribution is 2.31. The second kappa shape index (κ2) is 7.25. The fraction of sp³-hybridized carbons (Fsp3) is 0.235. The minimum atomic E-state index is -0.992. The molecule has 2 aromatic carbocycles. The molecule has 0 bridgehead atoms. The number of aromatic nitrogens is 1. The van der Waals surface area contributed by atoms with Gasteiger partial charge in [-0.15, -0.1) is 0 Å². The molecule has 5 nitrogen and oxygen atoms in total. The lowest BCUT2D eigenvalue weighted by Gasteiger charge is -2.05. The van der Waals surface area contributed by atoms with Crippen LogP contribution >= 0.6 is 21.2 Å². The molecule has 24 heavy (non-hydrogen) atoms. The Morgan fingerprint density at radius 3 is 2.88 bits per heavy atom. The Morgan fingerprint density at radius 1 is 1.33 bits per heavy atom. The summed E-state index contributed by atoms with van der Waals surface area (Å²) in [6.07, 6.45) is 0.712. The average molecular weight is 442 g/mol. The van der Waals surface area contributed by atoms with Gasteiger partial charge in [0.1, 0.15) is 32.8 Å². The lowest BCUT2D eigenvalue weighted by atomic mass is 10.1. The van der Waals surface area contributed by atoms with Crippen molar-refractivity contribution in [3.63, 3.8) is 0 Å². The van der Waals surface area contributed by atoms with E-state index in [1.54, 1.807) is 20.1 Å². The normalized spacial score (nSPS) is 11.0. The maximum atomic E-state index is 13.2. The third-order valence-corrected chi connectivity index (χ3v) is 4.61. The average Bonchev–Trinajstić information content (AvgIpc) is 2.97. The molecule has 0 radical (unpaired) electrons. The van der Waals surface area contributed by atoms with Gasteiger partial charge in [-0.1, -0.05) is 0 Å². The lowest BCUT2D eigenvalue weighted by Crippen LogP contribution is -1.94. The van der Waals surface area contributed by atoms with Crippen LogP contribution in [0.4, 0.5) is 16.1 Å². The number of ether oxygens (including phenoxy) is 1. The van der Waals surface area contributed by atoms with Gasteiger partial charge in [0.05, 0.1) is 7.11 Å². The highest BCUT2D eigenvalue weighted by Gasteiger charge is 2.13. The van der Waals surface area contributed by atoms with Crippen LogP contribution < -0.4 is 10.1 Å². The van der Waals surface area contributed by atoms with Gasteiger partial charge in [0, 0.05) is 10.1 Å². The molecule has 126 valence electrons. The van der Waals surface area contributed by atoms with Crippen molar-refractivity contribution in [1.82, 2.24) is 4.98 Å². The van der Waals surface area contributed by atoms with E-state index >= 15 is 0 Å². The summed E-state index contributed by atoms with van der Waals surface area (Å²) >= 11 is -0.992. The van der Waals surface area contributed by atoms with Gasteiger partial charge >= 0.3 is 0 Å². The molecule has 1 heterocycles. The molecule has 1 N–H and O–H groups in total. The van der Waals surface area contributed by atoms with Gasteiger partial charge in [-0.05, 0) is 54.8 Å². The number of oxazole rings is 1. The zero-order valence-electron chi connectivity index (χ0n) is 13.2. The molecule has 0 saturated heterocycles. The monoisotopic (exact) mass is 442 g/mol. The number of nitrogens with zero attached hydrogens (tertiary/aromatic N) is 1. The molecule has 7 heteroatoms. The fourth-order valence-electron chi connectivity index (χ4n) is 2.44. The third kappa shape index (κ3) is 3.55. The summed E-state index contributed by atoms with van der Waals surface area (Å²) in [4.78, 5) is 4.41. The van der Waals surface area contributed by atoms with Gasteiger partial charge in [-0.25, -0.2) is 4.39 Å². The molecule has 0 unspecified atom stereocenters. The van der Waals surface area contributed by atoms with E-state index in [4.69, 9.17) is 9.15 Å². The molecular weight excluding hydrogens is 426 g/mol. The van der Waals surface area contributed by atoms with Crippen molar-refractivity contribution < 1.29 is 16.6 Å². The predicted molar refractivity (Wildman–Crippen MR) is 98.3 cm³/mol. The molecule has 0 aliphatic rings. The molecule has 1 aromatic heterocycles. The summed E-state index contributed by atoms with van der Waals surface area (Å²) in [5.41, 5.74) is 3.68. The van der Waals surface area contributed by atoms with Crippen LogP contribution in [0.15, 0.2) is 34.7 Å². The largest absolute Gasteiger partial charge is 0.494 e. The lowest BCUT2D eigenvalue weighted by molar-refractivity contribution is 0.418. The molecule has 0 amide bonds. The van der Waals surface area contributed by atoms with E-state index in [1.807, 2.05) is 12.1 Å². The number of anilines is 2. The fourth-order valence-corrected chi connectivity index (χ4v) is 3.28. The molecule has 3 aromatic rings. The van der Waals surface area contributed by atoms with Crippen molar-refractivity contribution in [2.24, 2.45) is 0 Å². The molecule has 0 aliphatic heterocycles. The van der Waals surface area contributed by atoms with Gasteiger partial charge in [-0.3, -0.25) is 3.07 Å². The second-order valence-corrected chi connectivity index (χ2v) is 7.00. The molecule has 0 spiro atoms. The highest BCUT2D eigenvalue weighted by molar-refractivity contribution is 14.1. The summed E-state index contributed by atoms with van der Waals surface area (Å²) in [6.45, 7) is 1.80. The Hall–Kier alpha value is -2.03. The Labute approximate surface area is 148 Å². The predicted octanol–water partition coefficient (Wildman–Crippen LogP) is 4.89. The summed E-state index contributed by atoms with van der Waals surface area (Å²) in [5.74, 6) is 0.322. The molecule has 0 aliphatic carbocycles. The van der Waals surface area contributed by atoms with Crippen molar-refractivity contribution in [3.05, 3.63) is 47.3 Å². The quantitative estimate of drug-likeness (QED) is 0.435. The maximum Gasteiger partial charge on any atom is 0.300 e. The number of rotatable bonds is 6. The number of aryl methyl sites for hydroxylation is 2. The minimum absolute atomic E-state index is 0.289. The Morgan fingerprint density at radius 2 is 2.17 bits per heavy atom. The number of alkyl halides is 1. The number of hydrogen-bond acceptors (Lipinski definition) is 5. The van der Waals surface area contributed by atoms with E-state index in [0.29, 0.717) is 33.7 Å². The van der Waals surface area contributed by atoms with Crippen LogP contribution in [0.1, 0.15) is 11.1 Å². The number of benzene rings is 2. The Balaban J connectivity index is 1.96. The van der Waals surface area contributed by atoms with Gasteiger partial charge in [0.25, 0.3) is 6.01 Å². The summed E-state index contributed by atoms with van der Waals surface area (Å²) in [6, 6.07) is 8.54. The van der Waals surface area contributed by atoms with Crippen molar-refractivity contribution in [2.75, 3.05) is 16.9 Å². The van der Waals surface area contributed by atoms with E-state index in [2.05, 4.69) is 10.3 Å². The second-order valence-electron chi connectivity index (χ2n) is 5.30. The number of fused-ring (bicyclic) bond motifs is 1. The highest BCUT2D eigenvalue weighted by atomic mass is 127. The Bertz CT molecular complexity index is 895. The first-order valence-corrected chi connectivity index (χ1v) is 9.73. The van der Waals surface area contributed by atoms with Crippen LogP contribution in [0, 0.1) is 12.7 Å². The smallest absolute Gasteiger partial charge is 0.300 e. The third-order valence-electron chi connectivity index (χ3n) is 3.63. The summed E-state index contributed by atoms with van der Waals surface area (Å²) < 4.78 is 35.8. The number of methoxy groups -OCH3 is 1. The van der Waals surface area contributed by atoms with Gasteiger partial charge in [0.15, 0.2) is 11.1 Å². The topological polar surface area (TPSA) is 64.4 Å². The molecule has 0 atom stereocenters. The summed E-state index contributed by atoms with van der Waals surface area (Å²) in [7, 11) is 1.57. The zero-order valence-corrected chi connectivity index (χ0v) is 15.4. The van der Waals surface area contributed by atoms with Gasteiger partial charge in [-0.2, -0.15) is 4.98 Å². The molecule has 0 saturated carbocycles. The number of nitrogens with one attached hydrogen (secondary N) is 1. The molecule has 0 fully saturated rings. The maximum absolute atomic E-state index is 13.2. The van der Waals surface area contributed by atoms with E-state index in [9.17, 15) is 7.46 Å². The van der Waals surface area contributed by atoms with E-state index in [0.717, 1.165) is 16.8 Å².